The lowest BCUT2D eigenvalue weighted by Crippen LogP contribution is -2.55. The van der Waals surface area contributed by atoms with Gasteiger partial charge in [0.25, 0.3) is 0 Å². The Morgan fingerprint density at radius 1 is 1.19 bits per heavy atom. The molecular formula is C26H28ClFN4O4. The molecule has 2 aromatic rings. The lowest BCUT2D eigenvalue weighted by Gasteiger charge is -2.40. The number of halogens is 2. The molecular weight excluding hydrogens is 487 g/mol. The number of fused-ring (bicyclic) bond motifs is 4. The van der Waals surface area contributed by atoms with Gasteiger partial charge < -0.3 is 24.4 Å². The first-order chi connectivity index (χ1) is 17.5. The number of aromatic hydroxyl groups is 1. The molecule has 0 radical (unpaired) electrons. The van der Waals surface area contributed by atoms with Gasteiger partial charge in [0.05, 0.1) is 42.5 Å². The van der Waals surface area contributed by atoms with Crippen molar-refractivity contribution in [3.63, 3.8) is 0 Å². The summed E-state index contributed by atoms with van der Waals surface area (Å²) < 4.78 is 27.1. The highest BCUT2D eigenvalue weighted by molar-refractivity contribution is 6.35. The molecule has 2 bridgehead atoms. The van der Waals surface area contributed by atoms with Crippen molar-refractivity contribution in [2.24, 2.45) is 0 Å². The Kier molecular flexibility index (Phi) is 6.02. The third-order valence-corrected chi connectivity index (χ3v) is 8.11. The molecule has 3 fully saturated rings. The number of morpholine rings is 1. The van der Waals surface area contributed by atoms with E-state index in [1.54, 1.807) is 4.90 Å². The van der Waals surface area contributed by atoms with Gasteiger partial charge in [0.1, 0.15) is 40.5 Å². The van der Waals surface area contributed by atoms with Crippen molar-refractivity contribution in [2.45, 2.75) is 37.5 Å². The van der Waals surface area contributed by atoms with E-state index >= 15 is 0 Å². The first-order valence-electron chi connectivity index (χ1n) is 12.3. The Bertz CT molecular complexity index is 1190. The zero-order valence-electron chi connectivity index (χ0n) is 19.8. The van der Waals surface area contributed by atoms with E-state index < -0.39 is 5.82 Å². The second-order valence-corrected chi connectivity index (χ2v) is 10.2. The summed E-state index contributed by atoms with van der Waals surface area (Å²) >= 11 is 6.87. The third kappa shape index (κ3) is 3.81. The minimum Gasteiger partial charge on any atom is -0.507 e. The summed E-state index contributed by atoms with van der Waals surface area (Å²) in [5.74, 6) is 0.225. The number of carbonyl (C=O) groups excluding carboxylic acids is 1. The molecule has 0 saturated carbocycles. The predicted molar refractivity (Wildman–Crippen MR) is 133 cm³/mol. The van der Waals surface area contributed by atoms with Crippen molar-refractivity contribution < 1.29 is 23.8 Å². The Hall–Kier alpha value is -2.88. The van der Waals surface area contributed by atoms with Crippen LogP contribution in [0.5, 0.6) is 11.5 Å². The maximum atomic E-state index is 15.0. The van der Waals surface area contributed by atoms with Crippen LogP contribution in [0.3, 0.4) is 0 Å². The number of rotatable bonds is 3. The van der Waals surface area contributed by atoms with Crippen LogP contribution in [0.15, 0.2) is 30.9 Å². The summed E-state index contributed by atoms with van der Waals surface area (Å²) in [5, 5.41) is 10.7. The fraction of sp³-hybridized carbons (Fsp3) is 0.462. The molecule has 3 unspecified atom stereocenters. The number of hydrogen-bond acceptors (Lipinski definition) is 7. The monoisotopic (exact) mass is 514 g/mol. The van der Waals surface area contributed by atoms with Gasteiger partial charge in [-0.3, -0.25) is 9.69 Å². The molecule has 10 heteroatoms. The predicted octanol–water partition coefficient (Wildman–Crippen LogP) is 3.21. The molecule has 1 N–H and O–H groups in total. The average molecular weight is 515 g/mol. The molecule has 1 amide bonds. The van der Waals surface area contributed by atoms with Crippen molar-refractivity contribution in [1.82, 2.24) is 14.8 Å². The Morgan fingerprint density at radius 3 is 2.69 bits per heavy atom. The largest absolute Gasteiger partial charge is 0.507 e. The van der Waals surface area contributed by atoms with E-state index in [4.69, 9.17) is 26.1 Å². The number of phenols is 1. The van der Waals surface area contributed by atoms with Crippen molar-refractivity contribution in [2.75, 3.05) is 44.4 Å². The Labute approximate surface area is 213 Å². The molecule has 190 valence electrons. The van der Waals surface area contributed by atoms with Gasteiger partial charge in [0, 0.05) is 26.2 Å². The average Bonchev–Trinajstić information content (AvgIpc) is 3.03. The molecule has 3 atom stereocenters. The standard InChI is InChI=1S/C26H28ClFN4O4/c1-2-21(34)31-9-8-30-11-18-25(36-14-17(30)10-31)23(27)24(22-19(28)4-3-5-20(22)33)29-26(18)32-15-6-7-16(32)13-35-12-15/h2-5,15-17,33H,1,6-14H2. The maximum Gasteiger partial charge on any atom is 0.246 e. The van der Waals surface area contributed by atoms with Gasteiger partial charge in [-0.25, -0.2) is 9.37 Å². The highest BCUT2D eigenvalue weighted by atomic mass is 35.5. The number of aromatic nitrogens is 1. The van der Waals surface area contributed by atoms with E-state index in [-0.39, 0.29) is 46.1 Å². The van der Waals surface area contributed by atoms with Crippen LogP contribution in [0.1, 0.15) is 18.4 Å². The number of hydrogen-bond donors (Lipinski definition) is 1. The van der Waals surface area contributed by atoms with Gasteiger partial charge in [0.15, 0.2) is 0 Å². The molecule has 1 aromatic heterocycles. The molecule has 4 aliphatic rings. The number of piperazine rings is 1. The molecule has 5 heterocycles. The number of anilines is 1. The van der Waals surface area contributed by atoms with Crippen molar-refractivity contribution in [3.05, 3.63) is 47.3 Å². The molecule has 8 nitrogen and oxygen atoms in total. The van der Waals surface area contributed by atoms with E-state index in [0.717, 1.165) is 18.4 Å². The topological polar surface area (TPSA) is 78.4 Å². The van der Waals surface area contributed by atoms with Gasteiger partial charge in [-0.05, 0) is 31.1 Å². The first kappa shape index (κ1) is 23.5. The normalized spacial score (nSPS) is 25.6. The van der Waals surface area contributed by atoms with Crippen LogP contribution in [0.4, 0.5) is 10.2 Å². The molecule has 4 aliphatic heterocycles. The van der Waals surface area contributed by atoms with Crippen LogP contribution in [0.25, 0.3) is 11.3 Å². The smallest absolute Gasteiger partial charge is 0.246 e. The summed E-state index contributed by atoms with van der Waals surface area (Å²) in [6.45, 7) is 7.45. The number of carbonyl (C=O) groups is 1. The molecule has 3 saturated heterocycles. The van der Waals surface area contributed by atoms with Crippen molar-refractivity contribution >= 4 is 23.3 Å². The second-order valence-electron chi connectivity index (χ2n) is 9.79. The van der Waals surface area contributed by atoms with Gasteiger partial charge in [-0.1, -0.05) is 24.2 Å². The van der Waals surface area contributed by atoms with Crippen molar-refractivity contribution in [3.8, 4) is 22.8 Å². The summed E-state index contributed by atoms with van der Waals surface area (Å²) in [4.78, 5) is 23.5. The second kappa shape index (κ2) is 9.21. The van der Waals surface area contributed by atoms with Gasteiger partial charge in [-0.15, -0.1) is 0 Å². The minimum absolute atomic E-state index is 0.0364. The summed E-state index contributed by atoms with van der Waals surface area (Å²) in [5.41, 5.74) is 0.972. The molecule has 36 heavy (non-hydrogen) atoms. The number of nitrogens with zero attached hydrogens (tertiary/aromatic N) is 4. The third-order valence-electron chi connectivity index (χ3n) is 7.75. The maximum absolute atomic E-state index is 15.0. The Morgan fingerprint density at radius 2 is 1.97 bits per heavy atom. The Balaban J connectivity index is 1.47. The lowest BCUT2D eigenvalue weighted by atomic mass is 10.0. The first-order valence-corrected chi connectivity index (χ1v) is 12.7. The molecule has 0 spiro atoms. The SMILES string of the molecule is C=CC(=O)N1CCN2Cc3c(N4C5CCC4COC5)nc(-c4c(O)cccc4F)c(Cl)c3OCC2C1. The van der Waals surface area contributed by atoms with Crippen LogP contribution >= 0.6 is 11.6 Å². The zero-order chi connectivity index (χ0) is 25.0. The quantitative estimate of drug-likeness (QED) is 0.630. The van der Waals surface area contributed by atoms with E-state index in [1.165, 1.54) is 24.3 Å². The molecule has 0 aliphatic carbocycles. The van der Waals surface area contributed by atoms with Crippen LogP contribution < -0.4 is 9.64 Å². The highest BCUT2D eigenvalue weighted by Gasteiger charge is 2.42. The zero-order valence-corrected chi connectivity index (χ0v) is 20.6. The van der Waals surface area contributed by atoms with Crippen molar-refractivity contribution in [1.29, 1.82) is 0 Å². The van der Waals surface area contributed by atoms with Crippen LogP contribution in [-0.2, 0) is 16.1 Å². The number of amides is 1. The van der Waals surface area contributed by atoms with Gasteiger partial charge in [0.2, 0.25) is 5.91 Å². The van der Waals surface area contributed by atoms with Crippen LogP contribution in [0, 0.1) is 5.82 Å². The number of ether oxygens (including phenoxy) is 2. The highest BCUT2D eigenvalue weighted by Crippen LogP contribution is 2.48. The summed E-state index contributed by atoms with van der Waals surface area (Å²) in [7, 11) is 0. The fourth-order valence-corrected chi connectivity index (χ4v) is 6.23. The van der Waals surface area contributed by atoms with E-state index in [2.05, 4.69) is 16.4 Å². The summed E-state index contributed by atoms with van der Waals surface area (Å²) in [6.07, 6.45) is 3.30. The van der Waals surface area contributed by atoms with Crippen LogP contribution in [0.2, 0.25) is 5.02 Å². The van der Waals surface area contributed by atoms with Gasteiger partial charge in [-0.2, -0.15) is 0 Å². The fourth-order valence-electron chi connectivity index (χ4n) is 5.93. The lowest BCUT2D eigenvalue weighted by molar-refractivity contribution is -0.129. The van der Waals surface area contributed by atoms with Crippen LogP contribution in [-0.4, -0.2) is 83.4 Å². The van der Waals surface area contributed by atoms with E-state index in [9.17, 15) is 14.3 Å². The summed E-state index contributed by atoms with van der Waals surface area (Å²) in [6, 6.07) is 4.43. The van der Waals surface area contributed by atoms with Gasteiger partial charge >= 0.3 is 0 Å². The number of pyridine rings is 1. The van der Waals surface area contributed by atoms with E-state index in [0.29, 0.717) is 57.6 Å². The molecule has 1 aromatic carbocycles. The number of benzene rings is 1. The minimum atomic E-state index is -0.607. The van der Waals surface area contributed by atoms with E-state index in [1.807, 2.05) is 0 Å². The molecule has 6 rings (SSSR count). The number of phenolic OH excluding ortho intramolecular Hbond substituents is 1.